The monoisotopic (exact) mass is 285 g/mol. The third-order valence-corrected chi connectivity index (χ3v) is 4.36. The molecule has 2 rings (SSSR count). The summed E-state index contributed by atoms with van der Waals surface area (Å²) in [6.45, 7) is 1.41. The van der Waals surface area contributed by atoms with Crippen LogP contribution in [0.1, 0.15) is 43.8 Å². The highest BCUT2D eigenvalue weighted by molar-refractivity contribution is 6.31. The van der Waals surface area contributed by atoms with E-state index in [0.29, 0.717) is 18.6 Å². The Balaban J connectivity index is 2.18. The fourth-order valence-corrected chi connectivity index (χ4v) is 3.36. The molecule has 0 radical (unpaired) electrons. The van der Waals surface area contributed by atoms with Crippen LogP contribution in [0.25, 0.3) is 0 Å². The molecule has 1 atom stereocenters. The van der Waals surface area contributed by atoms with Gasteiger partial charge in [-0.3, -0.25) is 4.68 Å². The van der Waals surface area contributed by atoms with Gasteiger partial charge in [-0.1, -0.05) is 30.9 Å². The summed E-state index contributed by atoms with van der Waals surface area (Å²) >= 11 is 6.35. The summed E-state index contributed by atoms with van der Waals surface area (Å²) in [5.41, 5.74) is 1.12. The number of ether oxygens (including phenoxy) is 1. The fourth-order valence-electron chi connectivity index (χ4n) is 3.10. The molecule has 1 N–H and O–H groups in total. The normalized spacial score (nSPS) is 18.7. The van der Waals surface area contributed by atoms with Gasteiger partial charge in [-0.2, -0.15) is 5.10 Å². The van der Waals surface area contributed by atoms with Crippen molar-refractivity contribution < 1.29 is 4.74 Å². The van der Waals surface area contributed by atoms with Crippen molar-refractivity contribution in [3.63, 3.8) is 0 Å². The van der Waals surface area contributed by atoms with Gasteiger partial charge in [-0.25, -0.2) is 0 Å². The zero-order chi connectivity index (χ0) is 13.7. The fraction of sp³-hybridized carbons (Fsp3) is 0.786. The highest BCUT2D eigenvalue weighted by atomic mass is 35.5. The molecule has 5 heteroatoms. The summed E-state index contributed by atoms with van der Waals surface area (Å²) in [4.78, 5) is 0. The number of hydrogen-bond acceptors (Lipinski definition) is 3. The van der Waals surface area contributed by atoms with E-state index in [2.05, 4.69) is 10.4 Å². The highest BCUT2D eigenvalue weighted by Gasteiger charge is 2.28. The summed E-state index contributed by atoms with van der Waals surface area (Å²) in [7, 11) is 3.73. The molecule has 1 aromatic rings. The van der Waals surface area contributed by atoms with E-state index in [1.165, 1.54) is 32.1 Å². The van der Waals surface area contributed by atoms with Crippen molar-refractivity contribution in [2.75, 3.05) is 20.8 Å². The number of nitrogens with zero attached hydrogens (tertiary/aromatic N) is 2. The Morgan fingerprint density at radius 2 is 2.21 bits per heavy atom. The zero-order valence-electron chi connectivity index (χ0n) is 11.9. The molecule has 0 amide bonds. The van der Waals surface area contributed by atoms with E-state index in [-0.39, 0.29) is 0 Å². The third-order valence-electron chi connectivity index (χ3n) is 4.07. The second kappa shape index (κ2) is 7.27. The lowest BCUT2D eigenvalue weighted by atomic mass is 9.82. The molecule has 1 heterocycles. The molecule has 0 saturated heterocycles. The van der Waals surface area contributed by atoms with Crippen molar-refractivity contribution in [1.29, 1.82) is 0 Å². The van der Waals surface area contributed by atoms with Gasteiger partial charge in [0, 0.05) is 7.11 Å². The predicted octanol–water partition coefficient (Wildman–Crippen LogP) is 3.02. The molecular formula is C14H24ClN3O. The lowest BCUT2D eigenvalue weighted by Crippen LogP contribution is -2.30. The van der Waals surface area contributed by atoms with Crippen LogP contribution in [0.3, 0.4) is 0 Å². The number of hydrogen-bond donors (Lipinski definition) is 1. The summed E-state index contributed by atoms with van der Waals surface area (Å²) in [5.74, 6) is 0.661. The van der Waals surface area contributed by atoms with Crippen molar-refractivity contribution in [2.24, 2.45) is 5.92 Å². The first-order valence-electron chi connectivity index (χ1n) is 7.15. The second-order valence-electron chi connectivity index (χ2n) is 5.26. The average Bonchev–Trinajstić information content (AvgIpc) is 2.80. The minimum atomic E-state index is 0.298. The van der Waals surface area contributed by atoms with E-state index < -0.39 is 0 Å². The van der Waals surface area contributed by atoms with Crippen molar-refractivity contribution in [3.8, 4) is 0 Å². The van der Waals surface area contributed by atoms with Gasteiger partial charge in [-0.05, 0) is 25.8 Å². The molecule has 4 nitrogen and oxygen atoms in total. The zero-order valence-corrected chi connectivity index (χ0v) is 12.6. The van der Waals surface area contributed by atoms with Gasteiger partial charge in [0.2, 0.25) is 0 Å². The van der Waals surface area contributed by atoms with Crippen LogP contribution < -0.4 is 5.32 Å². The van der Waals surface area contributed by atoms with E-state index in [4.69, 9.17) is 16.3 Å². The van der Waals surface area contributed by atoms with Crippen molar-refractivity contribution in [1.82, 2.24) is 15.1 Å². The minimum absolute atomic E-state index is 0.298. The van der Waals surface area contributed by atoms with Crippen LogP contribution in [0.4, 0.5) is 0 Å². The Bertz CT molecular complexity index is 388. The maximum absolute atomic E-state index is 6.35. The van der Waals surface area contributed by atoms with Crippen LogP contribution in [-0.4, -0.2) is 30.5 Å². The summed E-state index contributed by atoms with van der Waals surface area (Å²) < 4.78 is 7.13. The van der Waals surface area contributed by atoms with Gasteiger partial charge in [0.05, 0.1) is 36.1 Å². The molecule has 1 saturated carbocycles. The Morgan fingerprint density at radius 1 is 1.47 bits per heavy atom. The van der Waals surface area contributed by atoms with Crippen LogP contribution >= 0.6 is 11.6 Å². The van der Waals surface area contributed by atoms with Crippen molar-refractivity contribution >= 4 is 11.6 Å². The topological polar surface area (TPSA) is 39.1 Å². The summed E-state index contributed by atoms with van der Waals surface area (Å²) in [5, 5.41) is 8.59. The van der Waals surface area contributed by atoms with Gasteiger partial charge >= 0.3 is 0 Å². The third kappa shape index (κ3) is 3.50. The Morgan fingerprint density at radius 3 is 2.84 bits per heavy atom. The molecule has 1 aliphatic rings. The maximum atomic E-state index is 6.35. The number of halogens is 1. The number of nitrogens with one attached hydrogen (secondary N) is 1. The van der Waals surface area contributed by atoms with E-state index in [1.54, 1.807) is 13.3 Å². The molecule has 1 fully saturated rings. The first kappa shape index (κ1) is 14.8. The van der Waals surface area contributed by atoms with Crippen LogP contribution in [0.5, 0.6) is 0 Å². The SMILES string of the molecule is CNC(c1c(Cl)cnn1CCOC)C1CCCCC1. The van der Waals surface area contributed by atoms with Gasteiger partial charge in [0.1, 0.15) is 0 Å². The molecule has 108 valence electrons. The number of aromatic nitrogens is 2. The van der Waals surface area contributed by atoms with Crippen LogP contribution in [0.2, 0.25) is 5.02 Å². The maximum Gasteiger partial charge on any atom is 0.0834 e. The van der Waals surface area contributed by atoms with Crippen LogP contribution in [0.15, 0.2) is 6.20 Å². The molecule has 1 aromatic heterocycles. The van der Waals surface area contributed by atoms with Crippen molar-refractivity contribution in [2.45, 2.75) is 44.7 Å². The molecule has 0 aliphatic heterocycles. The van der Waals surface area contributed by atoms with Crippen LogP contribution in [-0.2, 0) is 11.3 Å². The molecular weight excluding hydrogens is 262 g/mol. The molecule has 1 aliphatic carbocycles. The molecule has 1 unspecified atom stereocenters. The van der Waals surface area contributed by atoms with E-state index in [9.17, 15) is 0 Å². The first-order valence-corrected chi connectivity index (χ1v) is 7.53. The summed E-state index contributed by atoms with van der Waals surface area (Å²) in [6, 6.07) is 0.298. The molecule has 0 bridgehead atoms. The van der Waals surface area contributed by atoms with Crippen molar-refractivity contribution in [3.05, 3.63) is 16.9 Å². The Labute approximate surface area is 120 Å². The lowest BCUT2D eigenvalue weighted by molar-refractivity contribution is 0.179. The second-order valence-corrected chi connectivity index (χ2v) is 5.67. The number of methoxy groups -OCH3 is 1. The first-order chi connectivity index (χ1) is 9.27. The van der Waals surface area contributed by atoms with Gasteiger partial charge in [0.25, 0.3) is 0 Å². The van der Waals surface area contributed by atoms with Gasteiger partial charge in [0.15, 0.2) is 0 Å². The van der Waals surface area contributed by atoms with E-state index in [0.717, 1.165) is 17.3 Å². The minimum Gasteiger partial charge on any atom is -0.383 e. The Kier molecular flexibility index (Phi) is 5.67. The average molecular weight is 286 g/mol. The summed E-state index contributed by atoms with van der Waals surface area (Å²) in [6.07, 6.45) is 8.32. The molecule has 0 spiro atoms. The lowest BCUT2D eigenvalue weighted by Gasteiger charge is -2.30. The quantitative estimate of drug-likeness (QED) is 0.873. The van der Waals surface area contributed by atoms with Gasteiger partial charge < -0.3 is 10.1 Å². The van der Waals surface area contributed by atoms with E-state index in [1.807, 2.05) is 11.7 Å². The van der Waals surface area contributed by atoms with Crippen LogP contribution in [0, 0.1) is 5.92 Å². The standard InChI is InChI=1S/C14H24ClN3O/c1-16-13(11-6-4-3-5-7-11)14-12(15)10-17-18(14)8-9-19-2/h10-11,13,16H,3-9H2,1-2H3. The van der Waals surface area contributed by atoms with Gasteiger partial charge in [-0.15, -0.1) is 0 Å². The highest BCUT2D eigenvalue weighted by Crippen LogP contribution is 2.36. The predicted molar refractivity (Wildman–Crippen MR) is 77.5 cm³/mol. The Hall–Kier alpha value is -0.580. The largest absolute Gasteiger partial charge is 0.383 e. The molecule has 19 heavy (non-hydrogen) atoms. The van der Waals surface area contributed by atoms with E-state index >= 15 is 0 Å². The number of rotatable bonds is 6. The molecule has 0 aromatic carbocycles. The smallest absolute Gasteiger partial charge is 0.0834 e.